The third-order valence-corrected chi connectivity index (χ3v) is 3.99. The maximum absolute atomic E-state index is 9.50. The van der Waals surface area contributed by atoms with Gasteiger partial charge in [0, 0.05) is 30.8 Å². The Bertz CT molecular complexity index is 692. The zero-order valence-corrected chi connectivity index (χ0v) is 13.6. The monoisotopic (exact) mass is 299 g/mol. The predicted molar refractivity (Wildman–Crippen MR) is 89.5 cm³/mol. The maximum atomic E-state index is 9.50. The summed E-state index contributed by atoms with van der Waals surface area (Å²) in [5.74, 6) is 0. The van der Waals surface area contributed by atoms with E-state index in [4.69, 9.17) is 5.73 Å². The minimum absolute atomic E-state index is 0.0160. The highest BCUT2D eigenvalue weighted by Crippen LogP contribution is 2.28. The van der Waals surface area contributed by atoms with Gasteiger partial charge in [-0.3, -0.25) is 0 Å². The average Bonchev–Trinajstić information content (AvgIpc) is 2.79. The number of nitrogens with zero attached hydrogens (tertiary/aromatic N) is 2. The lowest BCUT2D eigenvalue weighted by Crippen LogP contribution is -2.21. The molecule has 1 aromatic heterocycles. The number of aromatic nitrogens is 1. The highest BCUT2D eigenvalue weighted by atomic mass is 16.3. The van der Waals surface area contributed by atoms with E-state index in [1.165, 1.54) is 0 Å². The quantitative estimate of drug-likeness (QED) is 0.861. The van der Waals surface area contributed by atoms with Crippen molar-refractivity contribution in [1.82, 2.24) is 4.57 Å². The summed E-state index contributed by atoms with van der Waals surface area (Å²) in [6, 6.07) is 8.51. The van der Waals surface area contributed by atoms with Gasteiger partial charge in [-0.1, -0.05) is 13.8 Å². The van der Waals surface area contributed by atoms with Crippen LogP contribution in [-0.2, 0) is 13.0 Å². The first-order valence-electron chi connectivity index (χ1n) is 7.74. The molecule has 0 saturated heterocycles. The molecular formula is C18H25N3O. The van der Waals surface area contributed by atoms with Crippen molar-refractivity contribution >= 4 is 10.9 Å². The van der Waals surface area contributed by atoms with E-state index in [0.29, 0.717) is 5.56 Å². The average molecular weight is 299 g/mol. The molecule has 118 valence electrons. The Morgan fingerprint density at radius 2 is 2.14 bits per heavy atom. The fourth-order valence-corrected chi connectivity index (χ4v) is 2.96. The Morgan fingerprint density at radius 1 is 1.41 bits per heavy atom. The Kier molecular flexibility index (Phi) is 4.90. The molecule has 0 saturated carbocycles. The standard InChI is InChI=1S/C18H25N3O/c1-13(20)8-14-9-15-4-6-21(12-18(2,3)5-7-22)17(15)16(10-14)11-19/h4,6,9-10,13,22H,5,7-8,12,20H2,1-3H3. The summed E-state index contributed by atoms with van der Waals surface area (Å²) in [6.07, 6.45) is 3.53. The lowest BCUT2D eigenvalue weighted by atomic mass is 9.89. The number of fused-ring (bicyclic) bond motifs is 1. The van der Waals surface area contributed by atoms with Crippen LogP contribution in [0, 0.1) is 16.7 Å². The summed E-state index contributed by atoms with van der Waals surface area (Å²) in [5, 5.41) is 19.8. The fourth-order valence-electron chi connectivity index (χ4n) is 2.96. The number of aliphatic hydroxyl groups is 1. The number of benzene rings is 1. The van der Waals surface area contributed by atoms with E-state index in [-0.39, 0.29) is 18.1 Å². The van der Waals surface area contributed by atoms with Gasteiger partial charge < -0.3 is 15.4 Å². The van der Waals surface area contributed by atoms with E-state index in [2.05, 4.69) is 36.6 Å². The highest BCUT2D eigenvalue weighted by molar-refractivity contribution is 5.86. The molecule has 1 atom stereocenters. The van der Waals surface area contributed by atoms with Crippen molar-refractivity contribution in [2.45, 2.75) is 46.2 Å². The zero-order valence-electron chi connectivity index (χ0n) is 13.6. The fraction of sp³-hybridized carbons (Fsp3) is 0.500. The van der Waals surface area contributed by atoms with Crippen molar-refractivity contribution in [3.05, 3.63) is 35.5 Å². The number of rotatable bonds is 6. The zero-order chi connectivity index (χ0) is 16.3. The second-order valence-corrected chi connectivity index (χ2v) is 6.96. The Morgan fingerprint density at radius 3 is 2.73 bits per heavy atom. The SMILES string of the molecule is CC(N)Cc1cc(C#N)c2c(ccn2CC(C)(C)CCO)c1. The van der Waals surface area contributed by atoms with Crippen LogP contribution < -0.4 is 5.73 Å². The lowest BCUT2D eigenvalue weighted by molar-refractivity contribution is 0.194. The van der Waals surface area contributed by atoms with Gasteiger partial charge in [0.05, 0.1) is 11.1 Å². The van der Waals surface area contributed by atoms with Gasteiger partial charge >= 0.3 is 0 Å². The summed E-state index contributed by atoms with van der Waals surface area (Å²) >= 11 is 0. The first-order valence-corrected chi connectivity index (χ1v) is 7.74. The summed E-state index contributed by atoms with van der Waals surface area (Å²) in [7, 11) is 0. The third kappa shape index (κ3) is 3.68. The van der Waals surface area contributed by atoms with Gasteiger partial charge in [0.1, 0.15) is 6.07 Å². The van der Waals surface area contributed by atoms with Crippen LogP contribution in [0.3, 0.4) is 0 Å². The van der Waals surface area contributed by atoms with Crippen molar-refractivity contribution in [3.8, 4) is 6.07 Å². The van der Waals surface area contributed by atoms with Crippen LogP contribution >= 0.6 is 0 Å². The Balaban J connectivity index is 2.45. The predicted octanol–water partition coefficient (Wildman–Crippen LogP) is 2.81. The highest BCUT2D eigenvalue weighted by Gasteiger charge is 2.20. The smallest absolute Gasteiger partial charge is 0.101 e. The van der Waals surface area contributed by atoms with Gasteiger partial charge in [-0.2, -0.15) is 5.26 Å². The normalized spacial score (nSPS) is 13.3. The largest absolute Gasteiger partial charge is 0.396 e. The number of hydrogen-bond acceptors (Lipinski definition) is 3. The van der Waals surface area contributed by atoms with Crippen LogP contribution in [0.4, 0.5) is 0 Å². The van der Waals surface area contributed by atoms with Crippen LogP contribution in [-0.4, -0.2) is 22.3 Å². The molecule has 0 aliphatic carbocycles. The van der Waals surface area contributed by atoms with E-state index in [1.807, 2.05) is 19.2 Å². The molecule has 1 unspecified atom stereocenters. The summed E-state index contributed by atoms with van der Waals surface area (Å²) in [6.45, 7) is 7.18. The Hall–Kier alpha value is -1.83. The van der Waals surface area contributed by atoms with Gasteiger partial charge in [-0.25, -0.2) is 0 Å². The van der Waals surface area contributed by atoms with Crippen molar-refractivity contribution in [2.24, 2.45) is 11.1 Å². The number of hydrogen-bond donors (Lipinski definition) is 2. The molecule has 3 N–H and O–H groups in total. The van der Waals surface area contributed by atoms with Crippen molar-refractivity contribution in [2.75, 3.05) is 6.61 Å². The number of nitriles is 1. The van der Waals surface area contributed by atoms with Gasteiger partial charge in [-0.15, -0.1) is 0 Å². The molecule has 0 aliphatic heterocycles. The molecule has 2 aromatic rings. The second-order valence-electron chi connectivity index (χ2n) is 6.96. The molecule has 0 radical (unpaired) electrons. The first kappa shape index (κ1) is 16.5. The van der Waals surface area contributed by atoms with Crippen LogP contribution in [0.2, 0.25) is 0 Å². The molecule has 22 heavy (non-hydrogen) atoms. The number of nitrogens with two attached hydrogens (primary N) is 1. The maximum Gasteiger partial charge on any atom is 0.101 e. The van der Waals surface area contributed by atoms with Gasteiger partial charge in [0.25, 0.3) is 0 Å². The molecule has 0 amide bonds. The lowest BCUT2D eigenvalue weighted by Gasteiger charge is -2.25. The molecule has 0 bridgehead atoms. The van der Waals surface area contributed by atoms with E-state index in [9.17, 15) is 10.4 Å². The molecule has 4 heteroatoms. The second kappa shape index (κ2) is 6.51. The summed E-state index contributed by atoms with van der Waals surface area (Å²) < 4.78 is 2.12. The van der Waals surface area contributed by atoms with E-state index in [1.54, 1.807) is 0 Å². The van der Waals surface area contributed by atoms with Crippen molar-refractivity contribution < 1.29 is 5.11 Å². The molecule has 0 spiro atoms. The first-order chi connectivity index (χ1) is 10.4. The minimum Gasteiger partial charge on any atom is -0.396 e. The summed E-state index contributed by atoms with van der Waals surface area (Å²) in [5.41, 5.74) is 8.62. The summed E-state index contributed by atoms with van der Waals surface area (Å²) in [4.78, 5) is 0. The molecular weight excluding hydrogens is 274 g/mol. The minimum atomic E-state index is -0.0160. The van der Waals surface area contributed by atoms with Crippen molar-refractivity contribution in [3.63, 3.8) is 0 Å². The topological polar surface area (TPSA) is 75.0 Å². The molecule has 1 aromatic carbocycles. The van der Waals surface area contributed by atoms with Crippen LogP contribution in [0.25, 0.3) is 10.9 Å². The molecule has 2 rings (SSSR count). The van der Waals surface area contributed by atoms with E-state index >= 15 is 0 Å². The Labute approximate surface area is 132 Å². The molecule has 0 aliphatic rings. The van der Waals surface area contributed by atoms with Crippen molar-refractivity contribution in [1.29, 1.82) is 5.26 Å². The number of aliphatic hydroxyl groups excluding tert-OH is 1. The third-order valence-electron chi connectivity index (χ3n) is 3.99. The van der Waals surface area contributed by atoms with Crippen LogP contribution in [0.5, 0.6) is 0 Å². The van der Waals surface area contributed by atoms with Gasteiger partial charge in [0.2, 0.25) is 0 Å². The van der Waals surface area contributed by atoms with Gasteiger partial charge in [-0.05, 0) is 48.9 Å². The van der Waals surface area contributed by atoms with E-state index < -0.39 is 0 Å². The van der Waals surface area contributed by atoms with Crippen LogP contribution in [0.1, 0.15) is 38.3 Å². The van der Waals surface area contributed by atoms with Crippen LogP contribution in [0.15, 0.2) is 24.4 Å². The molecule has 0 fully saturated rings. The van der Waals surface area contributed by atoms with Gasteiger partial charge in [0.15, 0.2) is 0 Å². The molecule has 4 nitrogen and oxygen atoms in total. The van der Waals surface area contributed by atoms with E-state index in [0.717, 1.165) is 35.9 Å². The molecule has 1 heterocycles.